The van der Waals surface area contributed by atoms with Crippen molar-refractivity contribution in [3.05, 3.63) is 36.0 Å². The molecule has 2 rings (SSSR count). The molecule has 19 heavy (non-hydrogen) atoms. The number of aryl methyl sites for hydroxylation is 2. The van der Waals surface area contributed by atoms with Crippen LogP contribution in [0.15, 0.2) is 30.5 Å². The minimum Gasteiger partial charge on any atom is -0.383 e. The van der Waals surface area contributed by atoms with Crippen molar-refractivity contribution in [1.29, 1.82) is 0 Å². The molecule has 0 amide bonds. The predicted molar refractivity (Wildman–Crippen MR) is 80.7 cm³/mol. The number of rotatable bonds is 8. The molecule has 0 aliphatic rings. The summed E-state index contributed by atoms with van der Waals surface area (Å²) in [5, 5.41) is 4.76. The van der Waals surface area contributed by atoms with Gasteiger partial charge in [-0.1, -0.05) is 18.2 Å². The Kier molecular flexibility index (Phi) is 5.43. The van der Waals surface area contributed by atoms with E-state index in [-0.39, 0.29) is 0 Å². The number of fused-ring (bicyclic) bond motifs is 1. The molecule has 0 spiro atoms. The van der Waals surface area contributed by atoms with E-state index in [9.17, 15) is 0 Å². The molecular weight excluding hydrogens is 236 g/mol. The lowest BCUT2D eigenvalue weighted by atomic mass is 10.2. The van der Waals surface area contributed by atoms with Crippen molar-refractivity contribution >= 4 is 10.9 Å². The van der Waals surface area contributed by atoms with Gasteiger partial charge in [-0.3, -0.25) is 0 Å². The molecule has 3 nitrogen and oxygen atoms in total. The van der Waals surface area contributed by atoms with Gasteiger partial charge < -0.3 is 14.6 Å². The molecule has 0 aliphatic heterocycles. The van der Waals surface area contributed by atoms with E-state index in [4.69, 9.17) is 4.74 Å². The van der Waals surface area contributed by atoms with E-state index >= 15 is 0 Å². The molecule has 2 aromatic rings. The van der Waals surface area contributed by atoms with Gasteiger partial charge in [-0.05, 0) is 37.9 Å². The van der Waals surface area contributed by atoms with Gasteiger partial charge in [0, 0.05) is 37.3 Å². The summed E-state index contributed by atoms with van der Waals surface area (Å²) in [7, 11) is 1.74. The Labute approximate surface area is 115 Å². The Morgan fingerprint density at radius 3 is 2.84 bits per heavy atom. The predicted octanol–water partition coefficient (Wildman–Crippen LogP) is 2.97. The Bertz CT molecular complexity index is 504. The lowest BCUT2D eigenvalue weighted by Crippen LogP contribution is -2.20. The quantitative estimate of drug-likeness (QED) is 0.739. The van der Waals surface area contributed by atoms with Gasteiger partial charge in [-0.15, -0.1) is 0 Å². The first kappa shape index (κ1) is 14.1. The molecule has 0 radical (unpaired) electrons. The van der Waals surface area contributed by atoms with Crippen LogP contribution in [0.1, 0.15) is 18.4 Å². The Balaban J connectivity index is 1.79. The second-order valence-corrected chi connectivity index (χ2v) is 4.97. The molecule has 0 bridgehead atoms. The maximum absolute atomic E-state index is 5.00. The highest BCUT2D eigenvalue weighted by atomic mass is 16.5. The van der Waals surface area contributed by atoms with Gasteiger partial charge in [0.2, 0.25) is 0 Å². The summed E-state index contributed by atoms with van der Waals surface area (Å²) in [4.78, 5) is 0. The van der Waals surface area contributed by atoms with Gasteiger partial charge in [0.25, 0.3) is 0 Å². The largest absolute Gasteiger partial charge is 0.383 e. The topological polar surface area (TPSA) is 26.2 Å². The van der Waals surface area contributed by atoms with Crippen molar-refractivity contribution < 1.29 is 4.74 Å². The summed E-state index contributed by atoms with van der Waals surface area (Å²) in [6.07, 6.45) is 4.68. The van der Waals surface area contributed by atoms with Crippen LogP contribution in [0.2, 0.25) is 0 Å². The van der Waals surface area contributed by atoms with E-state index in [0.717, 1.165) is 26.2 Å². The number of hydrogen-bond donors (Lipinski definition) is 1. The van der Waals surface area contributed by atoms with Gasteiger partial charge in [-0.25, -0.2) is 0 Å². The molecular formula is C16H24N2O. The number of ether oxygens (including phenoxy) is 1. The van der Waals surface area contributed by atoms with Crippen LogP contribution >= 0.6 is 0 Å². The van der Waals surface area contributed by atoms with Gasteiger partial charge in [0.15, 0.2) is 0 Å². The fraction of sp³-hybridized carbons (Fsp3) is 0.500. The van der Waals surface area contributed by atoms with Gasteiger partial charge >= 0.3 is 0 Å². The number of nitrogens with zero attached hydrogens (tertiary/aromatic N) is 1. The van der Waals surface area contributed by atoms with Gasteiger partial charge in [0.1, 0.15) is 0 Å². The summed E-state index contributed by atoms with van der Waals surface area (Å²) in [5.41, 5.74) is 2.72. The number of hydrogen-bond acceptors (Lipinski definition) is 2. The first-order valence-electron chi connectivity index (χ1n) is 7.07. The second-order valence-electron chi connectivity index (χ2n) is 4.97. The zero-order valence-corrected chi connectivity index (χ0v) is 12.0. The maximum atomic E-state index is 5.00. The summed E-state index contributed by atoms with van der Waals surface area (Å²) >= 11 is 0. The number of benzene rings is 1. The SMILES string of the molecule is COCCNCCCCn1cc(C)c2ccccc21. The molecule has 0 saturated heterocycles. The van der Waals surface area contributed by atoms with Crippen LogP contribution in [0.4, 0.5) is 0 Å². The zero-order valence-electron chi connectivity index (χ0n) is 12.0. The summed E-state index contributed by atoms with van der Waals surface area (Å²) in [6.45, 7) is 6.09. The minimum atomic E-state index is 0.793. The van der Waals surface area contributed by atoms with Crippen LogP contribution in [0, 0.1) is 6.92 Å². The molecule has 0 fully saturated rings. The highest BCUT2D eigenvalue weighted by Crippen LogP contribution is 2.20. The number of nitrogens with one attached hydrogen (secondary N) is 1. The average Bonchev–Trinajstić information content (AvgIpc) is 2.75. The van der Waals surface area contributed by atoms with Crippen LogP contribution in [0.25, 0.3) is 10.9 Å². The Morgan fingerprint density at radius 1 is 1.16 bits per heavy atom. The first-order chi connectivity index (χ1) is 9.33. The molecule has 0 saturated carbocycles. The molecule has 1 N–H and O–H groups in total. The van der Waals surface area contributed by atoms with Crippen LogP contribution in [0.3, 0.4) is 0 Å². The lowest BCUT2D eigenvalue weighted by Gasteiger charge is -2.06. The molecule has 3 heteroatoms. The van der Waals surface area contributed by atoms with Crippen molar-refractivity contribution in [2.45, 2.75) is 26.3 Å². The molecule has 1 aromatic heterocycles. The van der Waals surface area contributed by atoms with E-state index < -0.39 is 0 Å². The lowest BCUT2D eigenvalue weighted by molar-refractivity contribution is 0.199. The number of methoxy groups -OCH3 is 1. The van der Waals surface area contributed by atoms with E-state index in [2.05, 4.69) is 47.3 Å². The molecule has 1 aromatic carbocycles. The summed E-state index contributed by atoms with van der Waals surface area (Å²) in [6, 6.07) is 8.64. The normalized spacial score (nSPS) is 11.3. The third-order valence-electron chi connectivity index (χ3n) is 3.47. The second kappa shape index (κ2) is 7.31. The van der Waals surface area contributed by atoms with Crippen LogP contribution in [-0.2, 0) is 11.3 Å². The Hall–Kier alpha value is -1.32. The van der Waals surface area contributed by atoms with Crippen molar-refractivity contribution in [3.8, 4) is 0 Å². The standard InChI is InChI=1S/C16H24N2O/c1-14-13-18(16-8-4-3-7-15(14)16)11-6-5-9-17-10-12-19-2/h3-4,7-8,13,17H,5-6,9-12H2,1-2H3. The Morgan fingerprint density at radius 2 is 2.00 bits per heavy atom. The fourth-order valence-electron chi connectivity index (χ4n) is 2.45. The summed E-state index contributed by atoms with van der Waals surface area (Å²) < 4.78 is 7.38. The van der Waals surface area contributed by atoms with Crippen molar-refractivity contribution in [3.63, 3.8) is 0 Å². The number of aromatic nitrogens is 1. The van der Waals surface area contributed by atoms with Crippen molar-refractivity contribution in [2.75, 3.05) is 26.8 Å². The van der Waals surface area contributed by atoms with Gasteiger partial charge in [0.05, 0.1) is 6.61 Å². The minimum absolute atomic E-state index is 0.793. The number of unbranched alkanes of at least 4 members (excludes halogenated alkanes) is 1. The van der Waals surface area contributed by atoms with Crippen LogP contribution < -0.4 is 5.32 Å². The van der Waals surface area contributed by atoms with E-state index in [1.165, 1.54) is 29.3 Å². The molecule has 1 heterocycles. The van der Waals surface area contributed by atoms with E-state index in [1.54, 1.807) is 7.11 Å². The third kappa shape index (κ3) is 3.82. The fourth-order valence-corrected chi connectivity index (χ4v) is 2.45. The molecule has 0 aliphatic carbocycles. The van der Waals surface area contributed by atoms with Crippen LogP contribution in [0.5, 0.6) is 0 Å². The monoisotopic (exact) mass is 260 g/mol. The van der Waals surface area contributed by atoms with Crippen molar-refractivity contribution in [1.82, 2.24) is 9.88 Å². The summed E-state index contributed by atoms with van der Waals surface area (Å²) in [5.74, 6) is 0. The highest BCUT2D eigenvalue weighted by Gasteiger charge is 2.03. The average molecular weight is 260 g/mol. The van der Waals surface area contributed by atoms with Crippen molar-refractivity contribution in [2.24, 2.45) is 0 Å². The number of para-hydroxylation sites is 1. The third-order valence-corrected chi connectivity index (χ3v) is 3.47. The molecule has 104 valence electrons. The molecule has 0 unspecified atom stereocenters. The smallest absolute Gasteiger partial charge is 0.0587 e. The molecule has 0 atom stereocenters. The maximum Gasteiger partial charge on any atom is 0.0587 e. The van der Waals surface area contributed by atoms with E-state index in [1.807, 2.05) is 0 Å². The highest BCUT2D eigenvalue weighted by molar-refractivity contribution is 5.83. The first-order valence-corrected chi connectivity index (χ1v) is 7.07. The van der Waals surface area contributed by atoms with Crippen LogP contribution in [-0.4, -0.2) is 31.4 Å². The van der Waals surface area contributed by atoms with E-state index in [0.29, 0.717) is 0 Å². The zero-order chi connectivity index (χ0) is 13.5. The van der Waals surface area contributed by atoms with Gasteiger partial charge in [-0.2, -0.15) is 0 Å².